The summed E-state index contributed by atoms with van der Waals surface area (Å²) in [6.45, 7) is 9.24. The Balaban J connectivity index is 1.89. The molecule has 2 aliphatic rings. The minimum atomic E-state index is 0.586. The van der Waals surface area contributed by atoms with Crippen molar-refractivity contribution in [3.05, 3.63) is 47.0 Å². The number of fused-ring (bicyclic) bond motifs is 1. The quantitative estimate of drug-likeness (QED) is 0.171. The maximum Gasteiger partial charge on any atom is -0.0149 e. The minimum absolute atomic E-state index is 0.586. The highest BCUT2D eigenvalue weighted by molar-refractivity contribution is 5.74. The van der Waals surface area contributed by atoms with E-state index < -0.39 is 0 Å². The summed E-state index contributed by atoms with van der Waals surface area (Å²) < 4.78 is 0. The summed E-state index contributed by atoms with van der Waals surface area (Å²) >= 11 is 0. The van der Waals surface area contributed by atoms with Crippen LogP contribution >= 0.6 is 0 Å². The van der Waals surface area contributed by atoms with Gasteiger partial charge in [-0.1, -0.05) is 154 Å². The van der Waals surface area contributed by atoms with Crippen LogP contribution in [0.1, 0.15) is 159 Å². The van der Waals surface area contributed by atoms with Crippen LogP contribution in [0, 0.1) is 0 Å². The lowest BCUT2D eigenvalue weighted by Gasteiger charge is -2.08. The van der Waals surface area contributed by atoms with Crippen LogP contribution in [0.5, 0.6) is 0 Å². The van der Waals surface area contributed by atoms with Crippen molar-refractivity contribution in [1.29, 1.82) is 0 Å². The highest BCUT2D eigenvalue weighted by Gasteiger charge is 2.15. The zero-order valence-corrected chi connectivity index (χ0v) is 23.4. The molecule has 0 fully saturated rings. The van der Waals surface area contributed by atoms with Crippen molar-refractivity contribution < 1.29 is 0 Å². The lowest BCUT2D eigenvalue weighted by molar-refractivity contribution is 0.563. The van der Waals surface area contributed by atoms with Gasteiger partial charge in [-0.2, -0.15) is 0 Å². The van der Waals surface area contributed by atoms with E-state index in [2.05, 4.69) is 58.0 Å². The predicted molar refractivity (Wildman–Crippen MR) is 154 cm³/mol. The largest absolute Gasteiger partial charge is 0.0654 e. The van der Waals surface area contributed by atoms with Crippen LogP contribution in [0.3, 0.4) is 0 Å². The zero-order valence-electron chi connectivity index (χ0n) is 23.4. The molecule has 0 bridgehead atoms. The fourth-order valence-corrected chi connectivity index (χ4v) is 5.44. The van der Waals surface area contributed by atoms with Gasteiger partial charge in [0.2, 0.25) is 0 Å². The monoisotopic (exact) mass is 464 g/mol. The van der Waals surface area contributed by atoms with E-state index in [4.69, 9.17) is 0 Å². The third-order valence-electron chi connectivity index (χ3n) is 7.72. The van der Waals surface area contributed by atoms with E-state index in [0.29, 0.717) is 5.92 Å². The average molecular weight is 465 g/mol. The van der Waals surface area contributed by atoms with E-state index >= 15 is 0 Å². The first-order valence-electron chi connectivity index (χ1n) is 15.2. The van der Waals surface area contributed by atoms with Gasteiger partial charge in [-0.05, 0) is 59.4 Å². The van der Waals surface area contributed by atoms with Gasteiger partial charge in [0.15, 0.2) is 0 Å². The van der Waals surface area contributed by atoms with Crippen LogP contribution in [0.25, 0.3) is 11.1 Å². The van der Waals surface area contributed by atoms with Crippen LogP contribution in [0.4, 0.5) is 0 Å². The normalized spacial score (nSPS) is 11.7. The van der Waals surface area contributed by atoms with E-state index in [0.717, 1.165) is 0 Å². The molecule has 0 nitrogen and oxygen atoms in total. The SMILES string of the molecule is CCCCCCCCCCCc1cc2cc(C(C)C)cccc-2c1CCCCCCCCCC. The maximum absolute atomic E-state index is 2.55. The van der Waals surface area contributed by atoms with Crippen LogP contribution in [-0.2, 0) is 12.8 Å². The van der Waals surface area contributed by atoms with Gasteiger partial charge in [-0.3, -0.25) is 0 Å². The van der Waals surface area contributed by atoms with Gasteiger partial charge in [-0.15, -0.1) is 0 Å². The molecule has 2 aliphatic carbocycles. The molecule has 0 saturated carbocycles. The molecule has 0 aromatic rings. The highest BCUT2D eigenvalue weighted by atomic mass is 14.2. The predicted octanol–water partition coefficient (Wildman–Crippen LogP) is 11.7. The molecular weight excluding hydrogens is 408 g/mol. The Kier molecular flexibility index (Phi) is 15.3. The molecule has 0 saturated heterocycles. The Morgan fingerprint density at radius 2 is 1.06 bits per heavy atom. The Morgan fingerprint density at radius 1 is 0.559 bits per heavy atom. The molecule has 0 unspecified atom stereocenters. The van der Waals surface area contributed by atoms with E-state index in [-0.39, 0.29) is 0 Å². The molecule has 0 aromatic carbocycles. The van der Waals surface area contributed by atoms with Crippen molar-refractivity contribution in [2.45, 2.75) is 156 Å². The second kappa shape index (κ2) is 18.0. The first-order valence-corrected chi connectivity index (χ1v) is 15.2. The Morgan fingerprint density at radius 3 is 1.59 bits per heavy atom. The van der Waals surface area contributed by atoms with Crippen LogP contribution in [0.15, 0.2) is 30.3 Å². The first kappa shape index (κ1) is 28.9. The standard InChI is InChI=1S/C34H56/c1-5-7-9-11-13-15-16-18-20-23-31-28-32-27-30(29(3)4)24-22-26-34(32)33(31)25-21-19-17-14-12-10-8-6-2/h22,24,26-29H,5-21,23,25H2,1-4H3. The second-order valence-corrected chi connectivity index (χ2v) is 11.1. The van der Waals surface area contributed by atoms with Crippen LogP contribution in [-0.4, -0.2) is 0 Å². The molecule has 0 aromatic heterocycles. The lowest BCUT2D eigenvalue weighted by atomic mass is 9.97. The van der Waals surface area contributed by atoms with Gasteiger partial charge in [-0.25, -0.2) is 0 Å². The van der Waals surface area contributed by atoms with Gasteiger partial charge < -0.3 is 0 Å². The summed E-state index contributed by atoms with van der Waals surface area (Å²) in [6.07, 6.45) is 26.5. The van der Waals surface area contributed by atoms with Crippen molar-refractivity contribution in [1.82, 2.24) is 0 Å². The molecule has 34 heavy (non-hydrogen) atoms. The van der Waals surface area contributed by atoms with Gasteiger partial charge in [0, 0.05) is 0 Å². The maximum atomic E-state index is 2.55. The molecule has 0 amide bonds. The molecule has 0 aliphatic heterocycles. The molecule has 0 heteroatoms. The van der Waals surface area contributed by atoms with Gasteiger partial charge in [0.05, 0.1) is 0 Å². The molecule has 192 valence electrons. The molecule has 0 heterocycles. The Hall–Kier alpha value is -1.30. The third kappa shape index (κ3) is 11.0. The smallest absolute Gasteiger partial charge is 0.0149 e. The van der Waals surface area contributed by atoms with Gasteiger partial charge in [0.25, 0.3) is 0 Å². The van der Waals surface area contributed by atoms with Crippen LogP contribution in [0.2, 0.25) is 0 Å². The number of aryl methyl sites for hydroxylation is 1. The molecule has 0 radical (unpaired) electrons. The summed E-state index contributed by atoms with van der Waals surface area (Å²) in [5, 5.41) is 0. The summed E-state index contributed by atoms with van der Waals surface area (Å²) in [4.78, 5) is 0. The number of rotatable bonds is 20. The summed E-state index contributed by atoms with van der Waals surface area (Å²) in [5.41, 5.74) is 7.80. The molecule has 0 spiro atoms. The first-order chi connectivity index (χ1) is 16.7. The van der Waals surface area contributed by atoms with E-state index in [1.165, 1.54) is 139 Å². The Labute approximate surface area is 213 Å². The fraction of sp³-hybridized carbons (Fsp3) is 0.706. The molecule has 2 rings (SSSR count). The molecule has 0 N–H and O–H groups in total. The summed E-state index contributed by atoms with van der Waals surface area (Å²) in [6, 6.07) is 12.0. The van der Waals surface area contributed by atoms with Crippen molar-refractivity contribution >= 4 is 0 Å². The molecule has 0 atom stereocenters. The molecular formula is C34H56. The second-order valence-electron chi connectivity index (χ2n) is 11.1. The van der Waals surface area contributed by atoms with Crippen molar-refractivity contribution in [3.63, 3.8) is 0 Å². The Bertz CT molecular complexity index is 725. The topological polar surface area (TPSA) is 0 Å². The number of hydrogen-bond acceptors (Lipinski definition) is 0. The van der Waals surface area contributed by atoms with Gasteiger partial charge >= 0.3 is 0 Å². The number of hydrogen-bond donors (Lipinski definition) is 0. The minimum Gasteiger partial charge on any atom is -0.0654 e. The van der Waals surface area contributed by atoms with Gasteiger partial charge in [0.1, 0.15) is 0 Å². The fourth-order valence-electron chi connectivity index (χ4n) is 5.44. The van der Waals surface area contributed by atoms with Crippen molar-refractivity contribution in [2.24, 2.45) is 0 Å². The number of unbranched alkanes of at least 4 members (excludes halogenated alkanes) is 15. The van der Waals surface area contributed by atoms with E-state index in [1.54, 1.807) is 11.1 Å². The zero-order chi connectivity index (χ0) is 24.4. The van der Waals surface area contributed by atoms with Crippen LogP contribution < -0.4 is 0 Å². The highest BCUT2D eigenvalue weighted by Crippen LogP contribution is 2.35. The van der Waals surface area contributed by atoms with Crippen molar-refractivity contribution in [2.75, 3.05) is 0 Å². The average Bonchev–Trinajstić information content (AvgIpc) is 3.00. The summed E-state index contributed by atoms with van der Waals surface area (Å²) in [5.74, 6) is 0.586. The van der Waals surface area contributed by atoms with Crippen molar-refractivity contribution in [3.8, 4) is 11.1 Å². The van der Waals surface area contributed by atoms with E-state index in [9.17, 15) is 0 Å². The third-order valence-corrected chi connectivity index (χ3v) is 7.72. The van der Waals surface area contributed by atoms with E-state index in [1.807, 2.05) is 0 Å². The lowest BCUT2D eigenvalue weighted by Crippen LogP contribution is -1.93. The summed E-state index contributed by atoms with van der Waals surface area (Å²) in [7, 11) is 0.